The molecular weight excluding hydrogens is 210 g/mol. The maximum atomic E-state index is 11.3. The van der Waals surface area contributed by atoms with Gasteiger partial charge in [0.1, 0.15) is 0 Å². The lowest BCUT2D eigenvalue weighted by molar-refractivity contribution is -0.119. The smallest absolute Gasteiger partial charge is 0.220 e. The lowest BCUT2D eigenvalue weighted by Gasteiger charge is -2.23. The summed E-state index contributed by atoms with van der Waals surface area (Å²) in [6.07, 6.45) is 12.4. The Kier molecular flexibility index (Phi) is 7.30. The van der Waals surface area contributed by atoms with Gasteiger partial charge in [0.25, 0.3) is 0 Å². The Morgan fingerprint density at radius 3 is 2.41 bits per heavy atom. The van der Waals surface area contributed by atoms with Crippen LogP contribution < -0.4 is 5.32 Å². The predicted molar refractivity (Wildman–Crippen MR) is 72.9 cm³/mol. The largest absolute Gasteiger partial charge is 0.353 e. The molecule has 1 rings (SSSR count). The summed E-state index contributed by atoms with van der Waals surface area (Å²) in [4.78, 5) is 11.3. The van der Waals surface area contributed by atoms with Crippen LogP contribution in [0.25, 0.3) is 0 Å². The fourth-order valence-corrected chi connectivity index (χ4v) is 2.84. The lowest BCUT2D eigenvalue weighted by atomic mass is 9.88. The van der Waals surface area contributed by atoms with Gasteiger partial charge in [0.2, 0.25) is 5.91 Å². The molecule has 1 N–H and O–H groups in total. The van der Waals surface area contributed by atoms with Crippen LogP contribution in [0, 0.1) is 5.92 Å². The zero-order valence-corrected chi connectivity index (χ0v) is 11.6. The van der Waals surface area contributed by atoms with Crippen molar-refractivity contribution in [2.75, 3.05) is 0 Å². The van der Waals surface area contributed by atoms with Gasteiger partial charge in [-0.2, -0.15) is 0 Å². The normalized spacial score (nSPS) is 21.5. The summed E-state index contributed by atoms with van der Waals surface area (Å²) in [5.41, 5.74) is 0. The number of hydrogen-bond acceptors (Lipinski definition) is 1. The lowest BCUT2D eigenvalue weighted by Crippen LogP contribution is -2.32. The monoisotopic (exact) mass is 239 g/mol. The van der Waals surface area contributed by atoms with E-state index >= 15 is 0 Å². The van der Waals surface area contributed by atoms with Crippen LogP contribution in [0.4, 0.5) is 0 Å². The first-order valence-electron chi connectivity index (χ1n) is 7.57. The molecule has 1 heterocycles. The highest BCUT2D eigenvalue weighted by molar-refractivity contribution is 5.78. The van der Waals surface area contributed by atoms with E-state index in [0.29, 0.717) is 6.04 Å². The average molecular weight is 239 g/mol. The molecule has 1 amide bonds. The molecule has 0 aliphatic carbocycles. The van der Waals surface area contributed by atoms with Crippen molar-refractivity contribution < 1.29 is 4.79 Å². The van der Waals surface area contributed by atoms with Crippen molar-refractivity contribution >= 4 is 5.91 Å². The molecule has 0 aromatic carbocycles. The number of carbonyl (C=O) groups is 1. The maximum Gasteiger partial charge on any atom is 0.220 e. The number of amides is 1. The molecule has 1 aliphatic heterocycles. The van der Waals surface area contributed by atoms with Crippen LogP contribution in [-0.4, -0.2) is 11.9 Å². The van der Waals surface area contributed by atoms with Crippen LogP contribution in [0.2, 0.25) is 0 Å². The molecule has 2 atom stereocenters. The molecule has 0 saturated carbocycles. The van der Waals surface area contributed by atoms with Gasteiger partial charge in [0.05, 0.1) is 0 Å². The Labute approximate surface area is 107 Å². The Morgan fingerprint density at radius 2 is 1.82 bits per heavy atom. The summed E-state index contributed by atoms with van der Waals surface area (Å²) < 4.78 is 0. The van der Waals surface area contributed by atoms with E-state index in [1.54, 1.807) is 0 Å². The summed E-state index contributed by atoms with van der Waals surface area (Å²) in [5.74, 6) is 1.00. The Hall–Kier alpha value is -0.530. The Balaban J connectivity index is 2.29. The minimum Gasteiger partial charge on any atom is -0.353 e. The highest BCUT2D eigenvalue weighted by Gasteiger charge is 2.27. The van der Waals surface area contributed by atoms with E-state index in [2.05, 4.69) is 19.2 Å². The van der Waals surface area contributed by atoms with Crippen molar-refractivity contribution in [3.63, 3.8) is 0 Å². The number of rotatable bonds is 9. The van der Waals surface area contributed by atoms with Crippen molar-refractivity contribution in [1.29, 1.82) is 0 Å². The fourth-order valence-electron chi connectivity index (χ4n) is 2.84. The Bertz CT molecular complexity index is 215. The molecule has 2 unspecified atom stereocenters. The molecule has 1 aliphatic rings. The molecule has 1 fully saturated rings. The number of hydrogen-bond donors (Lipinski definition) is 1. The molecule has 2 nitrogen and oxygen atoms in total. The van der Waals surface area contributed by atoms with Crippen molar-refractivity contribution in [2.45, 2.75) is 84.1 Å². The molecule has 1 saturated heterocycles. The van der Waals surface area contributed by atoms with E-state index in [1.807, 2.05) is 0 Å². The van der Waals surface area contributed by atoms with E-state index in [-0.39, 0.29) is 5.91 Å². The standard InChI is InChI=1S/C15H29NO/c1-3-5-7-8-10-13(9-6-4-2)14-11-12-15(17)16-14/h13-14H,3-12H2,1-2H3,(H,16,17). The summed E-state index contributed by atoms with van der Waals surface area (Å²) in [6.45, 7) is 4.51. The first-order valence-corrected chi connectivity index (χ1v) is 7.57. The minimum atomic E-state index is 0.269. The summed E-state index contributed by atoms with van der Waals surface area (Å²) in [7, 11) is 0. The average Bonchev–Trinajstić information content (AvgIpc) is 2.75. The third-order valence-corrected chi connectivity index (χ3v) is 3.95. The molecule has 2 heteroatoms. The molecule has 0 radical (unpaired) electrons. The third kappa shape index (κ3) is 5.56. The van der Waals surface area contributed by atoms with Crippen LogP contribution in [-0.2, 0) is 4.79 Å². The number of nitrogens with one attached hydrogen (secondary N) is 1. The van der Waals surface area contributed by atoms with Crippen LogP contribution >= 0.6 is 0 Å². The first-order chi connectivity index (χ1) is 8.27. The van der Waals surface area contributed by atoms with Crippen molar-refractivity contribution in [3.05, 3.63) is 0 Å². The van der Waals surface area contributed by atoms with Gasteiger partial charge in [0.15, 0.2) is 0 Å². The topological polar surface area (TPSA) is 29.1 Å². The quantitative estimate of drug-likeness (QED) is 0.604. The fraction of sp³-hybridized carbons (Fsp3) is 0.933. The summed E-state index contributed by atoms with van der Waals surface area (Å²) >= 11 is 0. The number of unbranched alkanes of at least 4 members (excludes halogenated alkanes) is 4. The van der Waals surface area contributed by atoms with E-state index in [0.717, 1.165) is 18.8 Å². The minimum absolute atomic E-state index is 0.269. The highest BCUT2D eigenvalue weighted by atomic mass is 16.1. The molecule has 17 heavy (non-hydrogen) atoms. The van der Waals surface area contributed by atoms with Gasteiger partial charge in [-0.15, -0.1) is 0 Å². The molecule has 0 aromatic heterocycles. The van der Waals surface area contributed by atoms with Gasteiger partial charge in [-0.25, -0.2) is 0 Å². The second-order valence-corrected chi connectivity index (χ2v) is 5.46. The van der Waals surface area contributed by atoms with Gasteiger partial charge in [0, 0.05) is 12.5 Å². The molecular formula is C15H29NO. The van der Waals surface area contributed by atoms with E-state index in [4.69, 9.17) is 0 Å². The molecule has 0 aromatic rings. The van der Waals surface area contributed by atoms with Gasteiger partial charge in [-0.1, -0.05) is 52.4 Å². The molecule has 0 bridgehead atoms. The molecule has 100 valence electrons. The SMILES string of the molecule is CCCCCCC(CCCC)C1CCC(=O)N1. The third-order valence-electron chi connectivity index (χ3n) is 3.95. The highest BCUT2D eigenvalue weighted by Crippen LogP contribution is 2.26. The first kappa shape index (κ1) is 14.5. The second kappa shape index (κ2) is 8.54. The number of carbonyl (C=O) groups excluding carboxylic acids is 1. The zero-order valence-electron chi connectivity index (χ0n) is 11.6. The summed E-state index contributed by atoms with van der Waals surface area (Å²) in [6, 6.07) is 0.482. The second-order valence-electron chi connectivity index (χ2n) is 5.46. The van der Waals surface area contributed by atoms with Gasteiger partial charge in [-0.3, -0.25) is 4.79 Å². The maximum absolute atomic E-state index is 11.3. The van der Waals surface area contributed by atoms with Crippen molar-refractivity contribution in [2.24, 2.45) is 5.92 Å². The van der Waals surface area contributed by atoms with Gasteiger partial charge in [-0.05, 0) is 25.2 Å². The zero-order chi connectivity index (χ0) is 12.5. The van der Waals surface area contributed by atoms with E-state index < -0.39 is 0 Å². The van der Waals surface area contributed by atoms with E-state index in [9.17, 15) is 4.79 Å². The van der Waals surface area contributed by atoms with Gasteiger partial charge < -0.3 is 5.32 Å². The van der Waals surface area contributed by atoms with Gasteiger partial charge >= 0.3 is 0 Å². The van der Waals surface area contributed by atoms with Crippen molar-refractivity contribution in [3.8, 4) is 0 Å². The van der Waals surface area contributed by atoms with Crippen LogP contribution in [0.15, 0.2) is 0 Å². The predicted octanol–water partition coefficient (Wildman–Crippen LogP) is 4.04. The van der Waals surface area contributed by atoms with Crippen LogP contribution in [0.5, 0.6) is 0 Å². The van der Waals surface area contributed by atoms with Crippen molar-refractivity contribution in [1.82, 2.24) is 5.32 Å². The van der Waals surface area contributed by atoms with Crippen LogP contribution in [0.3, 0.4) is 0 Å². The van der Waals surface area contributed by atoms with E-state index in [1.165, 1.54) is 51.4 Å². The van der Waals surface area contributed by atoms with Crippen LogP contribution in [0.1, 0.15) is 78.1 Å². The summed E-state index contributed by atoms with van der Waals surface area (Å²) in [5, 5.41) is 3.16. The Morgan fingerprint density at radius 1 is 1.12 bits per heavy atom. The molecule has 0 spiro atoms.